The van der Waals surface area contributed by atoms with Crippen LogP contribution in [0.4, 0.5) is 0 Å². The highest BCUT2D eigenvalue weighted by molar-refractivity contribution is 5.78. The number of ether oxygens (including phenoxy) is 1. The summed E-state index contributed by atoms with van der Waals surface area (Å²) in [5, 5.41) is 11.5. The molecule has 1 atom stereocenters. The molecule has 0 heterocycles. The third-order valence-electron chi connectivity index (χ3n) is 3.31. The van der Waals surface area contributed by atoms with Gasteiger partial charge < -0.3 is 15.2 Å². The first-order valence-corrected chi connectivity index (χ1v) is 7.12. The van der Waals surface area contributed by atoms with Gasteiger partial charge in [-0.3, -0.25) is 9.59 Å². The fourth-order valence-corrected chi connectivity index (χ4v) is 2.00. The smallest absolute Gasteiger partial charge is 0.303 e. The van der Waals surface area contributed by atoms with Crippen LogP contribution in [0, 0.1) is 5.92 Å². The Labute approximate surface area is 125 Å². The third kappa shape index (κ3) is 7.34. The van der Waals surface area contributed by atoms with Gasteiger partial charge >= 0.3 is 5.97 Å². The number of methoxy groups -OCH3 is 1. The maximum atomic E-state index is 11.8. The Morgan fingerprint density at radius 3 is 2.76 bits per heavy atom. The number of carboxylic acids is 1. The number of carbonyl (C=O) groups is 2. The number of nitrogens with one attached hydrogen (secondary N) is 1. The first kappa shape index (κ1) is 17.0. The van der Waals surface area contributed by atoms with Gasteiger partial charge in [-0.25, -0.2) is 0 Å². The van der Waals surface area contributed by atoms with Gasteiger partial charge in [-0.2, -0.15) is 0 Å². The highest BCUT2D eigenvalue weighted by Crippen LogP contribution is 2.13. The first-order valence-electron chi connectivity index (χ1n) is 7.12. The van der Waals surface area contributed by atoms with Crippen molar-refractivity contribution in [1.82, 2.24) is 5.32 Å². The van der Waals surface area contributed by atoms with Gasteiger partial charge in [0.05, 0.1) is 13.5 Å². The monoisotopic (exact) mass is 293 g/mol. The number of benzene rings is 1. The molecular formula is C16H23NO4. The van der Waals surface area contributed by atoms with Crippen molar-refractivity contribution in [1.29, 1.82) is 0 Å². The van der Waals surface area contributed by atoms with Crippen molar-refractivity contribution < 1.29 is 19.4 Å². The van der Waals surface area contributed by atoms with Gasteiger partial charge in [0.25, 0.3) is 0 Å². The highest BCUT2D eigenvalue weighted by Gasteiger charge is 2.07. The van der Waals surface area contributed by atoms with Crippen LogP contribution in [-0.4, -0.2) is 30.6 Å². The summed E-state index contributed by atoms with van der Waals surface area (Å²) >= 11 is 0. The first-order chi connectivity index (χ1) is 10.0. The zero-order valence-electron chi connectivity index (χ0n) is 12.6. The average Bonchev–Trinajstić information content (AvgIpc) is 2.45. The summed E-state index contributed by atoms with van der Waals surface area (Å²) < 4.78 is 5.12. The molecular weight excluding hydrogens is 270 g/mol. The molecule has 116 valence electrons. The predicted octanol–water partition coefficient (Wildman–Crippen LogP) is 2.24. The van der Waals surface area contributed by atoms with Crippen LogP contribution >= 0.6 is 0 Å². The molecule has 1 amide bonds. The largest absolute Gasteiger partial charge is 0.497 e. The van der Waals surface area contributed by atoms with Gasteiger partial charge in [-0.1, -0.05) is 19.1 Å². The van der Waals surface area contributed by atoms with E-state index in [4.69, 9.17) is 9.84 Å². The summed E-state index contributed by atoms with van der Waals surface area (Å²) in [5.41, 5.74) is 0.908. The second kappa shape index (κ2) is 9.00. The molecule has 5 nitrogen and oxygen atoms in total. The molecule has 1 unspecified atom stereocenters. The molecule has 0 aliphatic carbocycles. The van der Waals surface area contributed by atoms with Gasteiger partial charge in [0, 0.05) is 13.0 Å². The molecule has 0 spiro atoms. The Morgan fingerprint density at radius 2 is 2.10 bits per heavy atom. The number of aliphatic carboxylic acids is 1. The van der Waals surface area contributed by atoms with E-state index in [2.05, 4.69) is 5.32 Å². The lowest BCUT2D eigenvalue weighted by molar-refractivity contribution is -0.137. The maximum absolute atomic E-state index is 11.8. The van der Waals surface area contributed by atoms with E-state index in [0.29, 0.717) is 25.3 Å². The van der Waals surface area contributed by atoms with Crippen LogP contribution in [0.3, 0.4) is 0 Å². The van der Waals surface area contributed by atoms with E-state index in [1.807, 2.05) is 31.2 Å². The third-order valence-corrected chi connectivity index (χ3v) is 3.31. The highest BCUT2D eigenvalue weighted by atomic mass is 16.5. The van der Waals surface area contributed by atoms with Crippen LogP contribution in [0.1, 0.15) is 31.7 Å². The molecule has 0 bridgehead atoms. The summed E-state index contributed by atoms with van der Waals surface area (Å²) in [6.07, 6.45) is 1.93. The number of carboxylic acid groups (broad SMARTS) is 1. The van der Waals surface area contributed by atoms with Crippen molar-refractivity contribution in [2.45, 2.75) is 32.6 Å². The summed E-state index contributed by atoms with van der Waals surface area (Å²) in [5.74, 6) is 0.221. The fourth-order valence-electron chi connectivity index (χ4n) is 2.00. The molecule has 0 aromatic heterocycles. The second-order valence-corrected chi connectivity index (χ2v) is 5.20. The van der Waals surface area contributed by atoms with Crippen LogP contribution in [0.25, 0.3) is 0 Å². The minimum atomic E-state index is -0.774. The van der Waals surface area contributed by atoms with Gasteiger partial charge in [0.1, 0.15) is 5.75 Å². The summed E-state index contributed by atoms with van der Waals surface area (Å²) in [6.45, 7) is 2.57. The van der Waals surface area contributed by atoms with Gasteiger partial charge in [0.2, 0.25) is 5.91 Å². The lowest BCUT2D eigenvalue weighted by Crippen LogP contribution is -2.27. The normalized spacial score (nSPS) is 11.7. The molecule has 1 aromatic carbocycles. The second-order valence-electron chi connectivity index (χ2n) is 5.20. The van der Waals surface area contributed by atoms with E-state index in [-0.39, 0.29) is 12.3 Å². The van der Waals surface area contributed by atoms with E-state index >= 15 is 0 Å². The molecule has 0 fully saturated rings. The Hall–Kier alpha value is -2.04. The van der Waals surface area contributed by atoms with Crippen LogP contribution < -0.4 is 10.1 Å². The number of amides is 1. The van der Waals surface area contributed by atoms with Crippen molar-refractivity contribution in [2.75, 3.05) is 13.7 Å². The molecule has 21 heavy (non-hydrogen) atoms. The fraction of sp³-hybridized carbons (Fsp3) is 0.500. The van der Waals surface area contributed by atoms with E-state index in [0.717, 1.165) is 17.7 Å². The number of hydrogen-bond acceptors (Lipinski definition) is 3. The van der Waals surface area contributed by atoms with Crippen molar-refractivity contribution in [3.8, 4) is 5.75 Å². The van der Waals surface area contributed by atoms with Crippen LogP contribution in [-0.2, 0) is 16.0 Å². The number of rotatable bonds is 9. The zero-order valence-corrected chi connectivity index (χ0v) is 12.6. The van der Waals surface area contributed by atoms with Crippen molar-refractivity contribution in [3.63, 3.8) is 0 Å². The average molecular weight is 293 g/mol. The topological polar surface area (TPSA) is 75.6 Å². The SMILES string of the molecule is COc1cccc(CC(=O)NCCC(C)CCC(=O)O)c1. The molecule has 0 saturated carbocycles. The van der Waals surface area contributed by atoms with Gasteiger partial charge in [0.15, 0.2) is 0 Å². The van der Waals surface area contributed by atoms with Crippen molar-refractivity contribution >= 4 is 11.9 Å². The van der Waals surface area contributed by atoms with Crippen molar-refractivity contribution in [2.24, 2.45) is 5.92 Å². The molecule has 0 radical (unpaired) electrons. The molecule has 1 aromatic rings. The van der Waals surface area contributed by atoms with E-state index < -0.39 is 5.97 Å². The van der Waals surface area contributed by atoms with Gasteiger partial charge in [-0.05, 0) is 36.5 Å². The number of carbonyl (C=O) groups excluding carboxylic acids is 1. The lowest BCUT2D eigenvalue weighted by Gasteiger charge is -2.11. The maximum Gasteiger partial charge on any atom is 0.303 e. The molecule has 0 aliphatic rings. The van der Waals surface area contributed by atoms with Crippen molar-refractivity contribution in [3.05, 3.63) is 29.8 Å². The van der Waals surface area contributed by atoms with Crippen LogP contribution in [0.5, 0.6) is 5.75 Å². The molecule has 2 N–H and O–H groups in total. The number of hydrogen-bond donors (Lipinski definition) is 2. The van der Waals surface area contributed by atoms with E-state index in [1.165, 1.54) is 0 Å². The minimum Gasteiger partial charge on any atom is -0.497 e. The van der Waals surface area contributed by atoms with E-state index in [9.17, 15) is 9.59 Å². The standard InChI is InChI=1S/C16H23NO4/c1-12(6-7-16(19)20)8-9-17-15(18)11-13-4-3-5-14(10-13)21-2/h3-5,10,12H,6-9,11H2,1-2H3,(H,17,18)(H,19,20). The van der Waals surface area contributed by atoms with Crippen LogP contribution in [0.2, 0.25) is 0 Å². The Kier molecular flexibility index (Phi) is 7.29. The summed E-state index contributed by atoms with van der Waals surface area (Å²) in [6, 6.07) is 7.42. The minimum absolute atomic E-state index is 0.0336. The van der Waals surface area contributed by atoms with Gasteiger partial charge in [-0.15, -0.1) is 0 Å². The lowest BCUT2D eigenvalue weighted by atomic mass is 10.0. The molecule has 0 aliphatic heterocycles. The zero-order chi connectivity index (χ0) is 15.7. The Bertz CT molecular complexity index is 473. The quantitative estimate of drug-likeness (QED) is 0.732. The summed E-state index contributed by atoms with van der Waals surface area (Å²) in [7, 11) is 1.59. The molecule has 5 heteroatoms. The Morgan fingerprint density at radius 1 is 1.33 bits per heavy atom. The Balaban J connectivity index is 2.26. The predicted molar refractivity (Wildman–Crippen MR) is 80.4 cm³/mol. The molecule has 1 rings (SSSR count). The molecule has 0 saturated heterocycles. The van der Waals surface area contributed by atoms with E-state index in [1.54, 1.807) is 7.11 Å². The summed E-state index contributed by atoms with van der Waals surface area (Å²) in [4.78, 5) is 22.3. The van der Waals surface area contributed by atoms with Crippen LogP contribution in [0.15, 0.2) is 24.3 Å².